The SMILES string of the molecule is CCCC1=C2[C@@H](CC/C(C)=C/c3ccc(O)cc3Cl)OB(O)C[C@@H]2[C@@H]2C(=O)N(c3ccccc3)C(=O)[C@@H]2C1. The van der Waals surface area contributed by atoms with Gasteiger partial charge >= 0.3 is 7.12 Å². The fourth-order valence-corrected chi connectivity index (χ4v) is 6.69. The molecule has 2 heterocycles. The van der Waals surface area contributed by atoms with E-state index in [1.54, 1.807) is 24.3 Å². The van der Waals surface area contributed by atoms with E-state index in [1.165, 1.54) is 16.5 Å². The quantitative estimate of drug-likeness (QED) is 0.258. The van der Waals surface area contributed by atoms with Crippen LogP contribution in [0.5, 0.6) is 5.75 Å². The summed E-state index contributed by atoms with van der Waals surface area (Å²) in [6.07, 6.45) is 5.69. The Bertz CT molecular complexity index is 1290. The van der Waals surface area contributed by atoms with Crippen molar-refractivity contribution >= 4 is 42.3 Å². The van der Waals surface area contributed by atoms with Gasteiger partial charge in [-0.1, -0.05) is 60.4 Å². The monoisotopic (exact) mass is 533 g/mol. The van der Waals surface area contributed by atoms with Crippen LogP contribution in [-0.2, 0) is 14.2 Å². The van der Waals surface area contributed by atoms with E-state index < -0.39 is 19.0 Å². The molecular weight excluding hydrogens is 501 g/mol. The molecule has 0 aromatic heterocycles. The number of hydrogen-bond donors (Lipinski definition) is 2. The van der Waals surface area contributed by atoms with Gasteiger partial charge in [-0.3, -0.25) is 14.5 Å². The molecule has 2 aliphatic heterocycles. The number of anilines is 1. The lowest BCUT2D eigenvalue weighted by atomic mass is 9.58. The molecule has 2 N–H and O–H groups in total. The molecule has 2 saturated heterocycles. The molecule has 6 nitrogen and oxygen atoms in total. The van der Waals surface area contributed by atoms with Crippen LogP contribution >= 0.6 is 11.6 Å². The molecule has 0 radical (unpaired) electrons. The first-order valence-electron chi connectivity index (χ1n) is 13.4. The van der Waals surface area contributed by atoms with Gasteiger partial charge in [-0.15, -0.1) is 0 Å². The Labute approximate surface area is 229 Å². The van der Waals surface area contributed by atoms with E-state index >= 15 is 0 Å². The summed E-state index contributed by atoms with van der Waals surface area (Å²) in [7, 11) is -0.986. The van der Waals surface area contributed by atoms with Gasteiger partial charge in [-0.2, -0.15) is 0 Å². The maximum Gasteiger partial charge on any atom is 0.455 e. The summed E-state index contributed by atoms with van der Waals surface area (Å²) in [5, 5.41) is 20.9. The van der Waals surface area contributed by atoms with Crippen molar-refractivity contribution in [3.8, 4) is 5.75 Å². The van der Waals surface area contributed by atoms with Crippen molar-refractivity contribution in [3.05, 3.63) is 75.8 Å². The molecule has 1 aliphatic carbocycles. The van der Waals surface area contributed by atoms with E-state index in [0.717, 1.165) is 29.6 Å². The minimum atomic E-state index is -0.986. The summed E-state index contributed by atoms with van der Waals surface area (Å²) in [4.78, 5) is 28.6. The number of para-hydroxylation sites is 1. The molecule has 5 rings (SSSR count). The number of phenolic OH excluding ortho intramolecular Hbond substituents is 1. The predicted octanol–water partition coefficient (Wildman–Crippen LogP) is 6.03. The van der Waals surface area contributed by atoms with Crippen LogP contribution in [0.15, 0.2) is 65.3 Å². The molecule has 8 heteroatoms. The number of allylic oxidation sites excluding steroid dienone is 2. The lowest BCUT2D eigenvalue weighted by Crippen LogP contribution is -2.46. The Kier molecular flexibility index (Phi) is 7.80. The van der Waals surface area contributed by atoms with E-state index in [-0.39, 0.29) is 29.6 Å². The van der Waals surface area contributed by atoms with Crippen molar-refractivity contribution in [2.24, 2.45) is 17.8 Å². The first-order valence-corrected chi connectivity index (χ1v) is 13.8. The third-order valence-corrected chi connectivity index (χ3v) is 8.39. The molecule has 198 valence electrons. The number of fused-ring (bicyclic) bond motifs is 3. The second-order valence-electron chi connectivity index (χ2n) is 10.6. The number of phenols is 1. The van der Waals surface area contributed by atoms with Crippen molar-refractivity contribution < 1.29 is 24.4 Å². The van der Waals surface area contributed by atoms with E-state index in [2.05, 4.69) is 6.92 Å². The third kappa shape index (κ3) is 5.07. The number of benzene rings is 2. The van der Waals surface area contributed by atoms with Crippen LogP contribution in [0.2, 0.25) is 11.3 Å². The lowest BCUT2D eigenvalue weighted by Gasteiger charge is -2.43. The molecule has 2 fully saturated rings. The van der Waals surface area contributed by atoms with Gasteiger partial charge in [0.1, 0.15) is 5.75 Å². The number of imide groups is 1. The Hall–Kier alpha value is -2.87. The Morgan fingerprint density at radius 2 is 1.92 bits per heavy atom. The summed E-state index contributed by atoms with van der Waals surface area (Å²) >= 11 is 6.29. The Morgan fingerprint density at radius 3 is 2.63 bits per heavy atom. The van der Waals surface area contributed by atoms with Gasteiger partial charge in [0.05, 0.1) is 28.6 Å². The summed E-state index contributed by atoms with van der Waals surface area (Å²) in [6.45, 7) is 4.14. The molecule has 38 heavy (non-hydrogen) atoms. The molecule has 0 saturated carbocycles. The number of nitrogens with zero attached hydrogens (tertiary/aromatic N) is 1. The summed E-state index contributed by atoms with van der Waals surface area (Å²) in [5.74, 6) is -1.28. The first-order chi connectivity index (χ1) is 18.3. The molecule has 2 aromatic rings. The van der Waals surface area contributed by atoms with Crippen LogP contribution < -0.4 is 4.90 Å². The molecule has 3 aliphatic rings. The average Bonchev–Trinajstić information content (AvgIpc) is 3.14. The number of hydrogen-bond acceptors (Lipinski definition) is 5. The zero-order chi connectivity index (χ0) is 27.0. The molecule has 4 atom stereocenters. The van der Waals surface area contributed by atoms with E-state index in [0.29, 0.717) is 36.3 Å². The molecular formula is C30H33BClNO5. The van der Waals surface area contributed by atoms with Crippen LogP contribution in [0.4, 0.5) is 5.69 Å². The van der Waals surface area contributed by atoms with Gasteiger partial charge < -0.3 is 14.8 Å². The van der Waals surface area contributed by atoms with Crippen LogP contribution in [0, 0.1) is 17.8 Å². The molecule has 0 bridgehead atoms. The summed E-state index contributed by atoms with van der Waals surface area (Å²) < 4.78 is 6.10. The van der Waals surface area contributed by atoms with Gasteiger partial charge in [0.25, 0.3) is 0 Å². The van der Waals surface area contributed by atoms with Gasteiger partial charge in [-0.05, 0) is 86.3 Å². The van der Waals surface area contributed by atoms with E-state index in [9.17, 15) is 19.7 Å². The molecule has 2 aromatic carbocycles. The highest BCUT2D eigenvalue weighted by Crippen LogP contribution is 2.52. The topological polar surface area (TPSA) is 87.1 Å². The highest BCUT2D eigenvalue weighted by atomic mass is 35.5. The predicted molar refractivity (Wildman–Crippen MR) is 150 cm³/mol. The third-order valence-electron chi connectivity index (χ3n) is 8.06. The Morgan fingerprint density at radius 1 is 1.16 bits per heavy atom. The number of halogens is 1. The van der Waals surface area contributed by atoms with Crippen molar-refractivity contribution in [1.29, 1.82) is 0 Å². The standard InChI is InChI=1S/C30H33BClNO5/c1-3-7-20-15-23-28(30(36)33(29(23)35)21-8-5-4-6-9-21)24-17-31(37)38-26(27(20)24)13-10-18(2)14-19-11-12-22(34)16-25(19)32/h4-6,8-9,11-12,14,16,23-24,26,28,34,37H,3,7,10,13,15,17H2,1-2H3/b18-14+/t23-,24+,26-,28-/m1/s1. The smallest absolute Gasteiger partial charge is 0.455 e. The van der Waals surface area contributed by atoms with Crippen LogP contribution in [-0.4, -0.2) is 35.2 Å². The minimum absolute atomic E-state index is 0.122. The van der Waals surface area contributed by atoms with Gasteiger partial charge in [-0.25, -0.2) is 0 Å². The zero-order valence-corrected chi connectivity index (χ0v) is 22.5. The largest absolute Gasteiger partial charge is 0.508 e. The fourth-order valence-electron chi connectivity index (χ4n) is 6.46. The van der Waals surface area contributed by atoms with Crippen LogP contribution in [0.25, 0.3) is 6.08 Å². The number of amides is 2. The summed E-state index contributed by atoms with van der Waals surface area (Å²) in [6, 6.07) is 14.0. The first kappa shape index (κ1) is 26.7. The molecule has 2 amide bonds. The lowest BCUT2D eigenvalue weighted by molar-refractivity contribution is -0.122. The van der Waals surface area contributed by atoms with Gasteiger partial charge in [0.15, 0.2) is 0 Å². The highest BCUT2D eigenvalue weighted by molar-refractivity contribution is 6.43. The average molecular weight is 534 g/mol. The summed E-state index contributed by atoms with van der Waals surface area (Å²) in [5.41, 5.74) is 4.84. The van der Waals surface area contributed by atoms with Crippen molar-refractivity contribution in [1.82, 2.24) is 0 Å². The normalized spacial score (nSPS) is 25.6. The van der Waals surface area contributed by atoms with Gasteiger partial charge in [0, 0.05) is 0 Å². The second-order valence-corrected chi connectivity index (χ2v) is 11.1. The number of aromatic hydroxyl groups is 1. The van der Waals surface area contributed by atoms with Crippen LogP contribution in [0.3, 0.4) is 0 Å². The van der Waals surface area contributed by atoms with Crippen molar-refractivity contribution in [3.63, 3.8) is 0 Å². The molecule has 0 unspecified atom stereocenters. The van der Waals surface area contributed by atoms with Crippen molar-refractivity contribution in [2.45, 2.75) is 58.4 Å². The van der Waals surface area contributed by atoms with Crippen molar-refractivity contribution in [2.75, 3.05) is 4.90 Å². The Balaban J connectivity index is 1.42. The van der Waals surface area contributed by atoms with Crippen LogP contribution in [0.1, 0.15) is 51.5 Å². The van der Waals surface area contributed by atoms with E-state index in [1.807, 2.05) is 31.2 Å². The molecule has 0 spiro atoms. The number of rotatable bonds is 7. The maximum absolute atomic E-state index is 13.7. The highest BCUT2D eigenvalue weighted by Gasteiger charge is 2.57. The number of carbonyl (C=O) groups excluding carboxylic acids is 2. The van der Waals surface area contributed by atoms with E-state index in [4.69, 9.17) is 16.3 Å². The maximum atomic E-state index is 13.7. The zero-order valence-electron chi connectivity index (χ0n) is 21.8. The van der Waals surface area contributed by atoms with Gasteiger partial charge in [0.2, 0.25) is 11.8 Å². The minimum Gasteiger partial charge on any atom is -0.508 e. The second kappa shape index (κ2) is 11.1. The number of carbonyl (C=O) groups is 2. The fraction of sp³-hybridized carbons (Fsp3) is 0.400.